The second kappa shape index (κ2) is 5.02. The van der Waals surface area contributed by atoms with Crippen LogP contribution in [0.25, 0.3) is 10.9 Å². The fourth-order valence-corrected chi connectivity index (χ4v) is 2.53. The molecule has 1 unspecified atom stereocenters. The van der Waals surface area contributed by atoms with Gasteiger partial charge in [0.25, 0.3) is 0 Å². The first-order valence-electron chi connectivity index (χ1n) is 6.68. The summed E-state index contributed by atoms with van der Waals surface area (Å²) < 4.78 is 0. The molecule has 0 amide bonds. The summed E-state index contributed by atoms with van der Waals surface area (Å²) in [5, 5.41) is 1.10. The Bertz CT molecular complexity index is 765. The predicted molar refractivity (Wildman–Crippen MR) is 81.5 cm³/mol. The van der Waals surface area contributed by atoms with Crippen molar-refractivity contribution in [2.24, 2.45) is 5.73 Å². The molecule has 0 bridgehead atoms. The van der Waals surface area contributed by atoms with Crippen molar-refractivity contribution < 1.29 is 0 Å². The lowest BCUT2D eigenvalue weighted by atomic mass is 9.96. The van der Waals surface area contributed by atoms with Crippen molar-refractivity contribution in [1.29, 1.82) is 0 Å². The number of aromatic nitrogens is 2. The summed E-state index contributed by atoms with van der Waals surface area (Å²) in [4.78, 5) is 8.80. The van der Waals surface area contributed by atoms with Gasteiger partial charge in [-0.1, -0.05) is 24.3 Å². The maximum Gasteiger partial charge on any atom is 0.0708 e. The average Bonchev–Trinajstić information content (AvgIpc) is 2.45. The molecule has 2 aromatic heterocycles. The minimum atomic E-state index is -0.186. The van der Waals surface area contributed by atoms with Crippen LogP contribution < -0.4 is 5.73 Å². The zero-order chi connectivity index (χ0) is 14.1. The molecule has 3 aromatic rings. The van der Waals surface area contributed by atoms with Gasteiger partial charge in [-0.2, -0.15) is 0 Å². The number of hydrogen-bond donors (Lipinski definition) is 1. The smallest absolute Gasteiger partial charge is 0.0708 e. The Kier molecular flexibility index (Phi) is 3.20. The molecule has 0 aliphatic carbocycles. The minimum Gasteiger partial charge on any atom is -0.320 e. The van der Waals surface area contributed by atoms with E-state index in [1.807, 2.05) is 44.4 Å². The summed E-state index contributed by atoms with van der Waals surface area (Å²) in [6.45, 7) is 4.02. The largest absolute Gasteiger partial charge is 0.320 e. The summed E-state index contributed by atoms with van der Waals surface area (Å²) in [7, 11) is 0. The number of para-hydroxylation sites is 1. The standard InChI is InChI=1S/C17H17N3/c1-11-7-13(10-19-9-11)17(18)15-8-12(2)20-16-6-4-3-5-14(15)16/h3-10,17H,18H2,1-2H3. The van der Waals surface area contributed by atoms with Crippen molar-refractivity contribution in [2.45, 2.75) is 19.9 Å². The number of rotatable bonds is 2. The summed E-state index contributed by atoms with van der Waals surface area (Å²) in [6.07, 6.45) is 3.67. The van der Waals surface area contributed by atoms with Crippen molar-refractivity contribution in [3.05, 3.63) is 71.2 Å². The highest BCUT2D eigenvalue weighted by Gasteiger charge is 2.14. The quantitative estimate of drug-likeness (QED) is 0.771. The van der Waals surface area contributed by atoms with Gasteiger partial charge in [-0.25, -0.2) is 0 Å². The van der Waals surface area contributed by atoms with Gasteiger partial charge in [0.2, 0.25) is 0 Å². The zero-order valence-electron chi connectivity index (χ0n) is 11.7. The van der Waals surface area contributed by atoms with Gasteiger partial charge in [-0.05, 0) is 42.7 Å². The van der Waals surface area contributed by atoms with E-state index in [0.717, 1.165) is 33.3 Å². The molecule has 0 aliphatic rings. The van der Waals surface area contributed by atoms with Crippen LogP contribution >= 0.6 is 0 Å². The highest BCUT2D eigenvalue weighted by Crippen LogP contribution is 2.27. The van der Waals surface area contributed by atoms with Gasteiger partial charge >= 0.3 is 0 Å². The molecule has 1 aromatic carbocycles. The first-order chi connectivity index (χ1) is 9.65. The van der Waals surface area contributed by atoms with Gasteiger partial charge in [0.15, 0.2) is 0 Å². The second-order valence-electron chi connectivity index (χ2n) is 5.14. The Morgan fingerprint density at radius 1 is 1.05 bits per heavy atom. The van der Waals surface area contributed by atoms with Crippen molar-refractivity contribution in [3.63, 3.8) is 0 Å². The van der Waals surface area contributed by atoms with Crippen LogP contribution in [0.15, 0.2) is 48.8 Å². The van der Waals surface area contributed by atoms with Crippen LogP contribution in [-0.2, 0) is 0 Å². The van der Waals surface area contributed by atoms with Gasteiger partial charge in [0, 0.05) is 23.5 Å². The van der Waals surface area contributed by atoms with Crippen molar-refractivity contribution in [2.75, 3.05) is 0 Å². The fraction of sp³-hybridized carbons (Fsp3) is 0.176. The normalized spacial score (nSPS) is 12.6. The Morgan fingerprint density at radius 2 is 1.85 bits per heavy atom. The minimum absolute atomic E-state index is 0.186. The number of nitrogens with zero attached hydrogens (tertiary/aromatic N) is 2. The van der Waals surface area contributed by atoms with E-state index in [2.05, 4.69) is 28.2 Å². The van der Waals surface area contributed by atoms with E-state index >= 15 is 0 Å². The molecule has 2 heterocycles. The highest BCUT2D eigenvalue weighted by atomic mass is 14.7. The Labute approximate surface area is 118 Å². The lowest BCUT2D eigenvalue weighted by Crippen LogP contribution is -2.13. The molecule has 20 heavy (non-hydrogen) atoms. The molecule has 3 rings (SSSR count). The molecule has 2 N–H and O–H groups in total. The third-order valence-corrected chi connectivity index (χ3v) is 3.47. The number of nitrogens with two attached hydrogens (primary N) is 1. The Morgan fingerprint density at radius 3 is 2.65 bits per heavy atom. The van der Waals surface area contributed by atoms with E-state index in [9.17, 15) is 0 Å². The van der Waals surface area contributed by atoms with Crippen LogP contribution in [0.2, 0.25) is 0 Å². The van der Waals surface area contributed by atoms with Crippen LogP contribution in [-0.4, -0.2) is 9.97 Å². The lowest BCUT2D eigenvalue weighted by molar-refractivity contribution is 0.865. The first kappa shape index (κ1) is 12.8. The molecular formula is C17H17N3. The highest BCUT2D eigenvalue weighted by molar-refractivity contribution is 5.83. The van der Waals surface area contributed by atoms with Crippen LogP contribution in [0.5, 0.6) is 0 Å². The van der Waals surface area contributed by atoms with E-state index in [-0.39, 0.29) is 6.04 Å². The number of fused-ring (bicyclic) bond motifs is 1. The van der Waals surface area contributed by atoms with Gasteiger partial charge < -0.3 is 5.73 Å². The van der Waals surface area contributed by atoms with E-state index in [1.165, 1.54) is 0 Å². The van der Waals surface area contributed by atoms with Crippen molar-refractivity contribution in [3.8, 4) is 0 Å². The van der Waals surface area contributed by atoms with Crippen LogP contribution in [0.3, 0.4) is 0 Å². The number of pyridine rings is 2. The third kappa shape index (κ3) is 2.28. The van der Waals surface area contributed by atoms with E-state index in [1.54, 1.807) is 0 Å². The molecule has 0 radical (unpaired) electrons. The van der Waals surface area contributed by atoms with Crippen molar-refractivity contribution >= 4 is 10.9 Å². The molecule has 1 atom stereocenters. The number of benzene rings is 1. The molecule has 0 aliphatic heterocycles. The Hall–Kier alpha value is -2.26. The van der Waals surface area contributed by atoms with Gasteiger partial charge in [0.05, 0.1) is 11.6 Å². The summed E-state index contributed by atoms with van der Waals surface area (Å²) in [5.74, 6) is 0. The number of aryl methyl sites for hydroxylation is 2. The summed E-state index contributed by atoms with van der Waals surface area (Å²) in [5.41, 5.74) is 11.7. The second-order valence-corrected chi connectivity index (χ2v) is 5.14. The molecule has 0 saturated carbocycles. The maximum absolute atomic E-state index is 6.45. The summed E-state index contributed by atoms with van der Waals surface area (Å²) in [6, 6.07) is 12.1. The van der Waals surface area contributed by atoms with Crippen LogP contribution in [0, 0.1) is 13.8 Å². The number of hydrogen-bond acceptors (Lipinski definition) is 3. The SMILES string of the molecule is Cc1cncc(C(N)c2cc(C)nc3ccccc23)c1. The monoisotopic (exact) mass is 263 g/mol. The molecule has 0 spiro atoms. The Balaban J connectivity index is 2.18. The third-order valence-electron chi connectivity index (χ3n) is 3.47. The molecule has 0 fully saturated rings. The molecule has 3 heteroatoms. The lowest BCUT2D eigenvalue weighted by Gasteiger charge is -2.16. The van der Waals surface area contributed by atoms with Crippen molar-refractivity contribution in [1.82, 2.24) is 9.97 Å². The van der Waals surface area contributed by atoms with Gasteiger partial charge in [-0.15, -0.1) is 0 Å². The van der Waals surface area contributed by atoms with E-state index < -0.39 is 0 Å². The molecule has 100 valence electrons. The van der Waals surface area contributed by atoms with Crippen LogP contribution in [0.1, 0.15) is 28.4 Å². The van der Waals surface area contributed by atoms with Gasteiger partial charge in [0.1, 0.15) is 0 Å². The summed E-state index contributed by atoms with van der Waals surface area (Å²) >= 11 is 0. The molecular weight excluding hydrogens is 246 g/mol. The van der Waals surface area contributed by atoms with E-state index in [0.29, 0.717) is 0 Å². The van der Waals surface area contributed by atoms with Crippen LogP contribution in [0.4, 0.5) is 0 Å². The van der Waals surface area contributed by atoms with Gasteiger partial charge in [-0.3, -0.25) is 9.97 Å². The average molecular weight is 263 g/mol. The van der Waals surface area contributed by atoms with E-state index in [4.69, 9.17) is 5.73 Å². The molecule has 0 saturated heterocycles. The zero-order valence-corrected chi connectivity index (χ0v) is 11.7. The predicted octanol–water partition coefficient (Wildman–Crippen LogP) is 3.29. The first-order valence-corrected chi connectivity index (χ1v) is 6.68. The fourth-order valence-electron chi connectivity index (χ4n) is 2.53. The maximum atomic E-state index is 6.45. The topological polar surface area (TPSA) is 51.8 Å². The molecule has 3 nitrogen and oxygen atoms in total.